The van der Waals surface area contributed by atoms with Crippen molar-refractivity contribution in [2.24, 2.45) is 0 Å². The van der Waals surface area contributed by atoms with E-state index in [1.54, 1.807) is 0 Å². The van der Waals surface area contributed by atoms with Crippen molar-refractivity contribution in [2.75, 3.05) is 0 Å². The van der Waals surface area contributed by atoms with Crippen molar-refractivity contribution in [3.05, 3.63) is 28.4 Å². The summed E-state index contributed by atoms with van der Waals surface area (Å²) in [4.78, 5) is 13.7. The quantitative estimate of drug-likeness (QED) is 0.537. The second kappa shape index (κ2) is 3.61. The first kappa shape index (κ1) is 10.4. The predicted molar refractivity (Wildman–Crippen MR) is 51.3 cm³/mol. The standard InChI is InChI=1S/C9H12N2O3/c1-9(2,3)14-8-5-4-7(6-10-8)11(12)13/h4-6H,1-3H3. The maximum Gasteiger partial charge on any atom is 0.287 e. The lowest BCUT2D eigenvalue weighted by Crippen LogP contribution is -2.23. The van der Waals surface area contributed by atoms with Crippen LogP contribution >= 0.6 is 0 Å². The molecule has 0 aliphatic rings. The number of hydrogen-bond acceptors (Lipinski definition) is 4. The van der Waals surface area contributed by atoms with Crippen molar-refractivity contribution < 1.29 is 9.66 Å². The maximum atomic E-state index is 10.3. The maximum absolute atomic E-state index is 10.3. The van der Waals surface area contributed by atoms with Crippen LogP contribution in [-0.2, 0) is 0 Å². The molecule has 1 aromatic rings. The average molecular weight is 196 g/mol. The number of rotatable bonds is 2. The van der Waals surface area contributed by atoms with Gasteiger partial charge in [-0.2, -0.15) is 0 Å². The second-order valence-electron chi connectivity index (χ2n) is 3.83. The molecule has 14 heavy (non-hydrogen) atoms. The van der Waals surface area contributed by atoms with Gasteiger partial charge in [0.15, 0.2) is 0 Å². The van der Waals surface area contributed by atoms with E-state index in [0.29, 0.717) is 5.88 Å². The van der Waals surface area contributed by atoms with Gasteiger partial charge >= 0.3 is 0 Å². The van der Waals surface area contributed by atoms with Crippen LogP contribution in [-0.4, -0.2) is 15.5 Å². The summed E-state index contributed by atoms with van der Waals surface area (Å²) in [5.74, 6) is 0.392. The summed E-state index contributed by atoms with van der Waals surface area (Å²) in [6.45, 7) is 5.66. The summed E-state index contributed by atoms with van der Waals surface area (Å²) in [6.07, 6.45) is 1.18. The van der Waals surface area contributed by atoms with E-state index < -0.39 is 4.92 Å². The minimum atomic E-state index is -0.492. The molecule has 0 aliphatic carbocycles. The lowest BCUT2D eigenvalue weighted by atomic mass is 10.2. The Kier molecular flexibility index (Phi) is 2.69. The molecule has 76 valence electrons. The topological polar surface area (TPSA) is 65.3 Å². The van der Waals surface area contributed by atoms with E-state index in [0.717, 1.165) is 0 Å². The lowest BCUT2D eigenvalue weighted by molar-refractivity contribution is -0.385. The molecule has 0 atom stereocenters. The minimum absolute atomic E-state index is 0.0359. The first-order valence-corrected chi connectivity index (χ1v) is 4.18. The van der Waals surface area contributed by atoms with Gasteiger partial charge in [-0.3, -0.25) is 10.1 Å². The fourth-order valence-electron chi connectivity index (χ4n) is 0.855. The van der Waals surface area contributed by atoms with Gasteiger partial charge < -0.3 is 4.74 Å². The highest BCUT2D eigenvalue weighted by molar-refractivity contribution is 5.29. The molecule has 5 heteroatoms. The van der Waals surface area contributed by atoms with E-state index in [1.807, 2.05) is 20.8 Å². The number of nitrogens with zero attached hydrogens (tertiary/aromatic N) is 2. The summed E-state index contributed by atoms with van der Waals surface area (Å²) < 4.78 is 5.40. The Bertz CT molecular complexity index is 327. The Morgan fingerprint density at radius 2 is 2.07 bits per heavy atom. The van der Waals surface area contributed by atoms with E-state index in [-0.39, 0.29) is 11.3 Å². The SMILES string of the molecule is CC(C)(C)Oc1ccc([N+](=O)[O-])cn1. The second-order valence-corrected chi connectivity index (χ2v) is 3.83. The molecule has 0 amide bonds. The van der Waals surface area contributed by atoms with Crippen molar-refractivity contribution in [3.8, 4) is 5.88 Å². The summed E-state index contributed by atoms with van der Waals surface area (Å²) in [5, 5.41) is 10.3. The van der Waals surface area contributed by atoms with Gasteiger partial charge in [0.1, 0.15) is 11.8 Å². The van der Waals surface area contributed by atoms with E-state index in [1.165, 1.54) is 18.3 Å². The van der Waals surface area contributed by atoms with Crippen molar-refractivity contribution >= 4 is 5.69 Å². The van der Waals surface area contributed by atoms with Gasteiger partial charge in [0.2, 0.25) is 5.88 Å². The van der Waals surface area contributed by atoms with Gasteiger partial charge in [-0.05, 0) is 20.8 Å². The fourth-order valence-corrected chi connectivity index (χ4v) is 0.855. The number of nitro groups is 1. The van der Waals surface area contributed by atoms with Gasteiger partial charge in [-0.25, -0.2) is 4.98 Å². The zero-order valence-corrected chi connectivity index (χ0v) is 8.35. The molecule has 0 aromatic carbocycles. The number of hydrogen-bond donors (Lipinski definition) is 0. The van der Waals surface area contributed by atoms with E-state index in [2.05, 4.69) is 4.98 Å². The van der Waals surface area contributed by atoms with E-state index in [9.17, 15) is 10.1 Å². The third-order valence-corrected chi connectivity index (χ3v) is 1.34. The van der Waals surface area contributed by atoms with Gasteiger partial charge in [0.25, 0.3) is 5.69 Å². The van der Waals surface area contributed by atoms with Crippen LogP contribution in [0.1, 0.15) is 20.8 Å². The molecule has 1 aromatic heterocycles. The molecular formula is C9H12N2O3. The molecule has 0 radical (unpaired) electrons. The van der Waals surface area contributed by atoms with Crippen LogP contribution in [0.15, 0.2) is 18.3 Å². The molecule has 1 rings (SSSR count). The highest BCUT2D eigenvalue weighted by atomic mass is 16.6. The molecular weight excluding hydrogens is 184 g/mol. The monoisotopic (exact) mass is 196 g/mol. The third-order valence-electron chi connectivity index (χ3n) is 1.34. The lowest BCUT2D eigenvalue weighted by Gasteiger charge is -2.19. The van der Waals surface area contributed by atoms with Crippen molar-refractivity contribution in [1.29, 1.82) is 0 Å². The average Bonchev–Trinajstić information content (AvgIpc) is 2.02. The molecule has 5 nitrogen and oxygen atoms in total. The largest absolute Gasteiger partial charge is 0.472 e. The van der Waals surface area contributed by atoms with Crippen LogP contribution in [0.25, 0.3) is 0 Å². The Labute approximate surface area is 81.9 Å². The molecule has 0 fully saturated rings. The number of pyridine rings is 1. The normalized spacial score (nSPS) is 11.1. The molecule has 0 N–H and O–H groups in total. The molecule has 0 aliphatic heterocycles. The van der Waals surface area contributed by atoms with Crippen molar-refractivity contribution in [3.63, 3.8) is 0 Å². The summed E-state index contributed by atoms with van der Waals surface area (Å²) in [6, 6.07) is 2.86. The Morgan fingerprint density at radius 3 is 2.43 bits per heavy atom. The van der Waals surface area contributed by atoms with Crippen molar-refractivity contribution in [2.45, 2.75) is 26.4 Å². The minimum Gasteiger partial charge on any atom is -0.472 e. The number of aromatic nitrogens is 1. The fraction of sp³-hybridized carbons (Fsp3) is 0.444. The number of ether oxygens (including phenoxy) is 1. The summed E-state index contributed by atoms with van der Waals surface area (Å²) in [7, 11) is 0. The van der Waals surface area contributed by atoms with E-state index >= 15 is 0 Å². The molecule has 0 spiro atoms. The summed E-state index contributed by atoms with van der Waals surface area (Å²) in [5.41, 5.74) is -0.380. The third kappa shape index (κ3) is 3.01. The van der Waals surface area contributed by atoms with Crippen LogP contribution < -0.4 is 4.74 Å². The Balaban J connectivity index is 2.79. The Hall–Kier alpha value is -1.65. The van der Waals surface area contributed by atoms with Crippen LogP contribution in [0.5, 0.6) is 5.88 Å². The molecule has 0 saturated carbocycles. The smallest absolute Gasteiger partial charge is 0.287 e. The van der Waals surface area contributed by atoms with Crippen LogP contribution in [0.4, 0.5) is 5.69 Å². The zero-order valence-electron chi connectivity index (χ0n) is 8.35. The molecule has 0 saturated heterocycles. The predicted octanol–water partition coefficient (Wildman–Crippen LogP) is 2.17. The van der Waals surface area contributed by atoms with E-state index in [4.69, 9.17) is 4.74 Å². The van der Waals surface area contributed by atoms with Crippen molar-refractivity contribution in [1.82, 2.24) is 4.98 Å². The van der Waals surface area contributed by atoms with Gasteiger partial charge in [0, 0.05) is 12.1 Å². The zero-order chi connectivity index (χ0) is 10.8. The van der Waals surface area contributed by atoms with Gasteiger partial charge in [-0.15, -0.1) is 0 Å². The Morgan fingerprint density at radius 1 is 1.43 bits per heavy atom. The first-order valence-electron chi connectivity index (χ1n) is 4.18. The molecule has 0 bridgehead atoms. The van der Waals surface area contributed by atoms with Crippen LogP contribution in [0.3, 0.4) is 0 Å². The molecule has 1 heterocycles. The van der Waals surface area contributed by atoms with Crippen LogP contribution in [0, 0.1) is 10.1 Å². The van der Waals surface area contributed by atoms with Gasteiger partial charge in [0.05, 0.1) is 4.92 Å². The highest BCUT2D eigenvalue weighted by Gasteiger charge is 2.13. The highest BCUT2D eigenvalue weighted by Crippen LogP contribution is 2.17. The summed E-state index contributed by atoms with van der Waals surface area (Å²) >= 11 is 0. The molecule has 0 unspecified atom stereocenters. The van der Waals surface area contributed by atoms with Gasteiger partial charge in [-0.1, -0.05) is 0 Å². The van der Waals surface area contributed by atoms with Crippen LogP contribution in [0.2, 0.25) is 0 Å². The first-order chi connectivity index (χ1) is 6.38.